The Morgan fingerprint density at radius 3 is 2.67 bits per heavy atom. The first kappa shape index (κ1) is 14.7. The normalized spacial score (nSPS) is 15.4. The van der Waals surface area contributed by atoms with E-state index in [9.17, 15) is 4.39 Å². The highest BCUT2D eigenvalue weighted by Gasteiger charge is 2.19. The Kier molecular flexibility index (Phi) is 4.36. The van der Waals surface area contributed by atoms with Crippen molar-refractivity contribution in [2.75, 3.05) is 13.2 Å². The van der Waals surface area contributed by atoms with E-state index >= 15 is 0 Å². The molecule has 2 aromatic rings. The Morgan fingerprint density at radius 2 is 1.86 bits per heavy atom. The number of hydrogen-bond donors (Lipinski definition) is 0. The van der Waals surface area contributed by atoms with Crippen LogP contribution in [0.1, 0.15) is 22.4 Å². The molecule has 2 nitrogen and oxygen atoms in total. The molecule has 0 amide bonds. The highest BCUT2D eigenvalue weighted by atomic mass is 79.9. The summed E-state index contributed by atoms with van der Waals surface area (Å²) in [6, 6.07) is 10.6. The highest BCUT2D eigenvalue weighted by Crippen LogP contribution is 2.39. The molecule has 1 atom stereocenters. The fraction of sp³-hybridized carbons (Fsp3) is 0.250. The van der Waals surface area contributed by atoms with Crippen LogP contribution in [0.2, 0.25) is 5.02 Å². The van der Waals surface area contributed by atoms with Gasteiger partial charge in [0, 0.05) is 12.0 Å². The molecule has 0 aliphatic carbocycles. The molecule has 1 unspecified atom stereocenters. The number of ether oxygens (including phenoxy) is 2. The number of benzene rings is 2. The summed E-state index contributed by atoms with van der Waals surface area (Å²) < 4.78 is 25.4. The maximum Gasteiger partial charge on any atom is 0.161 e. The summed E-state index contributed by atoms with van der Waals surface area (Å²) in [6.07, 6.45) is 0.852. The number of fused-ring (bicyclic) bond motifs is 1. The summed E-state index contributed by atoms with van der Waals surface area (Å²) in [6.45, 7) is 1.27. The third-order valence-corrected chi connectivity index (χ3v) is 4.63. The van der Waals surface area contributed by atoms with Crippen LogP contribution in [0.5, 0.6) is 11.5 Å². The molecule has 1 aliphatic rings. The van der Waals surface area contributed by atoms with Crippen LogP contribution in [-0.4, -0.2) is 13.2 Å². The summed E-state index contributed by atoms with van der Waals surface area (Å²) in [5, 5.41) is 0.117. The van der Waals surface area contributed by atoms with Crippen molar-refractivity contribution < 1.29 is 13.9 Å². The largest absolute Gasteiger partial charge is 0.490 e. The lowest BCUT2D eigenvalue weighted by atomic mass is 10.0. The molecule has 0 saturated heterocycles. The van der Waals surface area contributed by atoms with Gasteiger partial charge in [-0.15, -0.1) is 0 Å². The van der Waals surface area contributed by atoms with E-state index in [1.165, 1.54) is 6.07 Å². The van der Waals surface area contributed by atoms with Crippen LogP contribution >= 0.6 is 27.5 Å². The van der Waals surface area contributed by atoms with Crippen molar-refractivity contribution in [3.63, 3.8) is 0 Å². The first-order valence-electron chi connectivity index (χ1n) is 6.64. The van der Waals surface area contributed by atoms with Gasteiger partial charge in [-0.3, -0.25) is 0 Å². The molecule has 0 radical (unpaired) electrons. The highest BCUT2D eigenvalue weighted by molar-refractivity contribution is 9.09. The molecule has 2 aromatic carbocycles. The zero-order valence-corrected chi connectivity index (χ0v) is 13.5. The molecular weight excluding hydrogens is 359 g/mol. The number of alkyl halides is 1. The summed E-state index contributed by atoms with van der Waals surface area (Å²) in [5.41, 5.74) is 1.39. The quantitative estimate of drug-likeness (QED) is 0.682. The van der Waals surface area contributed by atoms with Gasteiger partial charge in [-0.05, 0) is 23.8 Å². The zero-order valence-electron chi connectivity index (χ0n) is 11.1. The SMILES string of the molecule is Fc1c(Cl)cccc1C(Br)c1ccc2c(c1)OCCCO2. The molecule has 0 aromatic heterocycles. The summed E-state index contributed by atoms with van der Waals surface area (Å²) >= 11 is 9.37. The van der Waals surface area contributed by atoms with Crippen molar-refractivity contribution in [2.45, 2.75) is 11.2 Å². The smallest absolute Gasteiger partial charge is 0.161 e. The monoisotopic (exact) mass is 370 g/mol. The molecule has 0 fully saturated rings. The van der Waals surface area contributed by atoms with Crippen LogP contribution in [0.3, 0.4) is 0 Å². The second-order valence-electron chi connectivity index (χ2n) is 4.76. The number of halogens is 3. The predicted molar refractivity (Wildman–Crippen MR) is 84.2 cm³/mol. The Balaban J connectivity index is 1.96. The maximum atomic E-state index is 14.1. The standard InChI is InChI=1S/C16H13BrClFO2/c17-15(11-3-1-4-12(18)16(11)19)10-5-6-13-14(9-10)21-8-2-7-20-13/h1,3-6,9,15H,2,7-8H2. The van der Waals surface area contributed by atoms with Gasteiger partial charge in [0.2, 0.25) is 0 Å². The Hall–Kier alpha value is -1.26. The van der Waals surface area contributed by atoms with Gasteiger partial charge in [0.1, 0.15) is 5.82 Å². The molecular formula is C16H13BrClFO2. The fourth-order valence-electron chi connectivity index (χ4n) is 2.23. The molecule has 0 spiro atoms. The Bertz CT molecular complexity index is 663. The lowest BCUT2D eigenvalue weighted by Gasteiger charge is -2.15. The van der Waals surface area contributed by atoms with Crippen LogP contribution < -0.4 is 9.47 Å². The third-order valence-electron chi connectivity index (χ3n) is 3.32. The van der Waals surface area contributed by atoms with Gasteiger partial charge in [-0.25, -0.2) is 4.39 Å². The van der Waals surface area contributed by atoms with Gasteiger partial charge in [-0.1, -0.05) is 45.7 Å². The van der Waals surface area contributed by atoms with Crippen molar-refractivity contribution in [3.8, 4) is 11.5 Å². The summed E-state index contributed by atoms with van der Waals surface area (Å²) in [7, 11) is 0. The second-order valence-corrected chi connectivity index (χ2v) is 6.09. The van der Waals surface area contributed by atoms with Gasteiger partial charge in [0.05, 0.1) is 23.1 Å². The molecule has 0 N–H and O–H groups in total. The summed E-state index contributed by atoms with van der Waals surface area (Å²) in [5.74, 6) is 1.01. The van der Waals surface area contributed by atoms with Crippen LogP contribution in [0, 0.1) is 5.82 Å². The van der Waals surface area contributed by atoms with Gasteiger partial charge in [-0.2, -0.15) is 0 Å². The molecule has 21 heavy (non-hydrogen) atoms. The fourth-order valence-corrected chi connectivity index (χ4v) is 3.05. The number of hydrogen-bond acceptors (Lipinski definition) is 2. The van der Waals surface area contributed by atoms with E-state index in [0.717, 1.165) is 17.7 Å². The van der Waals surface area contributed by atoms with Crippen molar-refractivity contribution in [1.82, 2.24) is 0 Å². The van der Waals surface area contributed by atoms with E-state index in [2.05, 4.69) is 15.9 Å². The van der Waals surface area contributed by atoms with Crippen molar-refractivity contribution in [2.24, 2.45) is 0 Å². The predicted octanol–water partition coefficient (Wildman–Crippen LogP) is 5.12. The lowest BCUT2D eigenvalue weighted by molar-refractivity contribution is 0.297. The average molecular weight is 372 g/mol. The first-order valence-corrected chi connectivity index (χ1v) is 7.93. The molecule has 5 heteroatoms. The molecule has 0 saturated carbocycles. The van der Waals surface area contributed by atoms with Crippen LogP contribution in [0.25, 0.3) is 0 Å². The van der Waals surface area contributed by atoms with Crippen LogP contribution in [0.4, 0.5) is 4.39 Å². The van der Waals surface area contributed by atoms with E-state index in [1.807, 2.05) is 18.2 Å². The van der Waals surface area contributed by atoms with Gasteiger partial charge in [0.25, 0.3) is 0 Å². The third kappa shape index (κ3) is 3.01. The Labute approximate surface area is 136 Å². The van der Waals surface area contributed by atoms with Crippen LogP contribution in [0.15, 0.2) is 36.4 Å². The molecule has 3 rings (SSSR count). The van der Waals surface area contributed by atoms with E-state index in [4.69, 9.17) is 21.1 Å². The minimum atomic E-state index is -0.409. The van der Waals surface area contributed by atoms with E-state index in [0.29, 0.717) is 24.5 Å². The van der Waals surface area contributed by atoms with Gasteiger partial charge in [0.15, 0.2) is 11.5 Å². The molecule has 110 valence electrons. The average Bonchev–Trinajstić information content (AvgIpc) is 2.74. The second kappa shape index (κ2) is 6.24. The molecule has 1 aliphatic heterocycles. The zero-order chi connectivity index (χ0) is 14.8. The minimum Gasteiger partial charge on any atom is -0.490 e. The minimum absolute atomic E-state index is 0.117. The number of rotatable bonds is 2. The van der Waals surface area contributed by atoms with Gasteiger partial charge < -0.3 is 9.47 Å². The van der Waals surface area contributed by atoms with Crippen molar-refractivity contribution in [3.05, 3.63) is 58.4 Å². The van der Waals surface area contributed by atoms with Crippen LogP contribution in [-0.2, 0) is 0 Å². The summed E-state index contributed by atoms with van der Waals surface area (Å²) in [4.78, 5) is -0.298. The Morgan fingerprint density at radius 1 is 1.10 bits per heavy atom. The van der Waals surface area contributed by atoms with E-state index < -0.39 is 5.82 Å². The first-order chi connectivity index (χ1) is 10.2. The van der Waals surface area contributed by atoms with Gasteiger partial charge >= 0.3 is 0 Å². The maximum absolute atomic E-state index is 14.1. The molecule has 1 heterocycles. The van der Waals surface area contributed by atoms with E-state index in [1.54, 1.807) is 12.1 Å². The topological polar surface area (TPSA) is 18.5 Å². The lowest BCUT2D eigenvalue weighted by Crippen LogP contribution is -1.99. The van der Waals surface area contributed by atoms with E-state index in [-0.39, 0.29) is 9.85 Å². The van der Waals surface area contributed by atoms with Crippen molar-refractivity contribution in [1.29, 1.82) is 0 Å². The molecule has 0 bridgehead atoms. The van der Waals surface area contributed by atoms with Crippen molar-refractivity contribution >= 4 is 27.5 Å².